The van der Waals surface area contributed by atoms with Crippen LogP contribution in [-0.4, -0.2) is 31.1 Å². The van der Waals surface area contributed by atoms with Gasteiger partial charge in [-0.25, -0.2) is 4.79 Å². The zero-order valence-electron chi connectivity index (χ0n) is 12.2. The van der Waals surface area contributed by atoms with Crippen molar-refractivity contribution in [2.75, 3.05) is 30.0 Å². The van der Waals surface area contributed by atoms with Crippen molar-refractivity contribution < 1.29 is 18.8 Å². The van der Waals surface area contributed by atoms with E-state index < -0.39 is 6.09 Å². The molecule has 2 rings (SSSR count). The van der Waals surface area contributed by atoms with Gasteiger partial charge in [0.05, 0.1) is 24.5 Å². The molecule has 1 aliphatic rings. The summed E-state index contributed by atoms with van der Waals surface area (Å²) in [5, 5.41) is 8.53. The minimum absolute atomic E-state index is 0.296. The number of amides is 1. The minimum atomic E-state index is -0.507. The molecule has 0 unspecified atom stereocenters. The van der Waals surface area contributed by atoms with Gasteiger partial charge in [-0.3, -0.25) is 9.84 Å². The van der Waals surface area contributed by atoms with Crippen molar-refractivity contribution in [1.29, 1.82) is 0 Å². The van der Waals surface area contributed by atoms with Crippen LogP contribution in [0.25, 0.3) is 0 Å². The summed E-state index contributed by atoms with van der Waals surface area (Å²) in [7, 11) is 0. The molecule has 112 valence electrons. The van der Waals surface area contributed by atoms with Gasteiger partial charge in [0.25, 0.3) is 6.20 Å². The second-order valence-electron chi connectivity index (χ2n) is 5.24. The SMILES string of the molecule is CC[C@H](C)COC(=O)Nc1c[n+](N2CCCCC2)no1. The molecule has 1 saturated heterocycles. The molecule has 7 nitrogen and oxygen atoms in total. The molecule has 0 bridgehead atoms. The Balaban J connectivity index is 1.81. The number of carbonyl (C=O) groups excluding carboxylic acids is 1. The van der Waals surface area contributed by atoms with E-state index in [0.29, 0.717) is 18.4 Å². The van der Waals surface area contributed by atoms with Gasteiger partial charge in [0.1, 0.15) is 0 Å². The molecule has 1 fully saturated rings. The van der Waals surface area contributed by atoms with Crippen molar-refractivity contribution in [1.82, 2.24) is 5.27 Å². The Kier molecular flexibility index (Phi) is 5.20. The molecule has 0 aromatic carbocycles. The Labute approximate surface area is 118 Å². The fraction of sp³-hybridized carbons (Fsp3) is 0.769. The topological polar surface area (TPSA) is 71.5 Å². The summed E-state index contributed by atoms with van der Waals surface area (Å²) in [5.74, 6) is 0.651. The van der Waals surface area contributed by atoms with E-state index >= 15 is 0 Å². The van der Waals surface area contributed by atoms with Crippen LogP contribution >= 0.6 is 0 Å². The number of piperidine rings is 1. The first kappa shape index (κ1) is 14.6. The van der Waals surface area contributed by atoms with Crippen molar-refractivity contribution in [3.8, 4) is 0 Å². The van der Waals surface area contributed by atoms with Crippen molar-refractivity contribution in [3.63, 3.8) is 0 Å². The quantitative estimate of drug-likeness (QED) is 0.832. The summed E-state index contributed by atoms with van der Waals surface area (Å²) < 4.78 is 10.2. The van der Waals surface area contributed by atoms with E-state index in [1.54, 1.807) is 11.0 Å². The maximum atomic E-state index is 11.6. The van der Waals surface area contributed by atoms with Crippen LogP contribution in [0, 0.1) is 5.92 Å². The largest absolute Gasteiger partial charge is 0.449 e. The van der Waals surface area contributed by atoms with E-state index in [1.807, 2.05) is 6.92 Å². The van der Waals surface area contributed by atoms with Crippen LogP contribution < -0.4 is 15.1 Å². The first-order chi connectivity index (χ1) is 9.69. The van der Waals surface area contributed by atoms with Crippen LogP contribution in [0.5, 0.6) is 0 Å². The number of aromatic nitrogens is 2. The van der Waals surface area contributed by atoms with Gasteiger partial charge in [-0.2, -0.15) is 5.01 Å². The van der Waals surface area contributed by atoms with Gasteiger partial charge in [0.2, 0.25) is 5.27 Å². The second-order valence-corrected chi connectivity index (χ2v) is 5.24. The normalized spacial score (nSPS) is 16.8. The summed E-state index contributed by atoms with van der Waals surface area (Å²) >= 11 is 0. The predicted molar refractivity (Wildman–Crippen MR) is 72.9 cm³/mol. The Morgan fingerprint density at radius 3 is 3.00 bits per heavy atom. The standard InChI is InChI=1S/C13H22N4O3/c1-3-11(2)10-19-13(18)14-12-9-17(15-20-12)16-7-5-4-6-8-16/h9,11H,3-8,10H2,1-2H3/p+1/t11-/m0/s1. The van der Waals surface area contributed by atoms with Crippen molar-refractivity contribution in [2.45, 2.75) is 39.5 Å². The highest BCUT2D eigenvalue weighted by Gasteiger charge is 2.23. The van der Waals surface area contributed by atoms with Crippen molar-refractivity contribution >= 4 is 12.0 Å². The van der Waals surface area contributed by atoms with Crippen LogP contribution in [0.2, 0.25) is 0 Å². The lowest BCUT2D eigenvalue weighted by Gasteiger charge is -2.17. The van der Waals surface area contributed by atoms with E-state index in [1.165, 1.54) is 6.42 Å². The molecular formula is C13H23N4O3+. The summed E-state index contributed by atoms with van der Waals surface area (Å²) in [4.78, 5) is 13.2. The Morgan fingerprint density at radius 1 is 1.55 bits per heavy atom. The molecule has 1 aliphatic heterocycles. The minimum Gasteiger partial charge on any atom is -0.449 e. The molecule has 1 amide bonds. The molecule has 7 heteroatoms. The lowest BCUT2D eigenvalue weighted by Crippen LogP contribution is -2.60. The lowest BCUT2D eigenvalue weighted by molar-refractivity contribution is -0.759. The highest BCUT2D eigenvalue weighted by atomic mass is 16.6. The Bertz CT molecular complexity index is 429. The molecule has 1 aromatic rings. The summed E-state index contributed by atoms with van der Waals surface area (Å²) in [6, 6.07) is 0. The summed E-state index contributed by atoms with van der Waals surface area (Å²) in [6.45, 7) is 6.41. The number of nitrogens with zero attached hydrogens (tertiary/aromatic N) is 3. The maximum absolute atomic E-state index is 11.6. The van der Waals surface area contributed by atoms with Gasteiger partial charge < -0.3 is 4.74 Å². The number of hydrogen-bond donors (Lipinski definition) is 1. The van der Waals surface area contributed by atoms with Crippen LogP contribution in [0.1, 0.15) is 39.5 Å². The zero-order valence-corrected chi connectivity index (χ0v) is 12.2. The van der Waals surface area contributed by atoms with Gasteiger partial charge in [-0.1, -0.05) is 20.3 Å². The second kappa shape index (κ2) is 7.12. The van der Waals surface area contributed by atoms with Crippen molar-refractivity contribution in [3.05, 3.63) is 6.20 Å². The third-order valence-corrected chi connectivity index (χ3v) is 3.50. The molecule has 1 aromatic heterocycles. The third-order valence-electron chi connectivity index (χ3n) is 3.50. The van der Waals surface area contributed by atoms with E-state index in [2.05, 4.69) is 22.5 Å². The average molecular weight is 283 g/mol. The van der Waals surface area contributed by atoms with Gasteiger partial charge in [-0.05, 0) is 25.2 Å². The molecule has 1 atom stereocenters. The van der Waals surface area contributed by atoms with Gasteiger partial charge in [-0.15, -0.1) is 0 Å². The molecule has 0 radical (unpaired) electrons. The van der Waals surface area contributed by atoms with E-state index in [-0.39, 0.29) is 0 Å². The number of carbonyl (C=O) groups is 1. The number of hydrogen-bond acceptors (Lipinski definition) is 5. The van der Waals surface area contributed by atoms with E-state index in [0.717, 1.165) is 32.4 Å². The molecule has 20 heavy (non-hydrogen) atoms. The molecule has 2 heterocycles. The van der Waals surface area contributed by atoms with E-state index in [4.69, 9.17) is 9.26 Å². The van der Waals surface area contributed by atoms with Crippen LogP contribution in [-0.2, 0) is 4.74 Å². The van der Waals surface area contributed by atoms with Gasteiger partial charge in [0, 0.05) is 0 Å². The Morgan fingerprint density at radius 2 is 2.30 bits per heavy atom. The van der Waals surface area contributed by atoms with Gasteiger partial charge in [0.15, 0.2) is 0 Å². The molecular weight excluding hydrogens is 260 g/mol. The highest BCUT2D eigenvalue weighted by Crippen LogP contribution is 2.07. The maximum Gasteiger partial charge on any atom is 0.414 e. The first-order valence-electron chi connectivity index (χ1n) is 7.26. The smallest absolute Gasteiger partial charge is 0.414 e. The predicted octanol–water partition coefficient (Wildman–Crippen LogP) is 1.68. The number of ether oxygens (including phenoxy) is 1. The Hall–Kier alpha value is -1.79. The third kappa shape index (κ3) is 4.11. The summed E-state index contributed by atoms with van der Waals surface area (Å²) in [5.41, 5.74) is 0. The number of nitrogens with one attached hydrogen (secondary N) is 1. The molecule has 0 spiro atoms. The fourth-order valence-corrected chi connectivity index (χ4v) is 1.98. The molecule has 0 saturated carbocycles. The zero-order chi connectivity index (χ0) is 14.4. The van der Waals surface area contributed by atoms with Crippen LogP contribution in [0.4, 0.5) is 10.7 Å². The van der Waals surface area contributed by atoms with Crippen molar-refractivity contribution in [2.24, 2.45) is 5.92 Å². The number of anilines is 1. The highest BCUT2D eigenvalue weighted by molar-refractivity contribution is 5.82. The monoisotopic (exact) mass is 283 g/mol. The first-order valence-corrected chi connectivity index (χ1v) is 7.26. The lowest BCUT2D eigenvalue weighted by atomic mass is 10.1. The van der Waals surface area contributed by atoms with E-state index in [9.17, 15) is 4.79 Å². The number of rotatable bonds is 5. The van der Waals surface area contributed by atoms with Crippen LogP contribution in [0.3, 0.4) is 0 Å². The van der Waals surface area contributed by atoms with Crippen LogP contribution in [0.15, 0.2) is 10.7 Å². The molecule has 0 aliphatic carbocycles. The van der Waals surface area contributed by atoms with Gasteiger partial charge >= 0.3 is 12.0 Å². The fourth-order valence-electron chi connectivity index (χ4n) is 1.98. The molecule has 1 N–H and O–H groups in total. The summed E-state index contributed by atoms with van der Waals surface area (Å²) in [6.07, 6.45) is 5.69. The average Bonchev–Trinajstić information content (AvgIpc) is 2.94.